The molecular weight excluding hydrogens is 266 g/mol. The Kier molecular flexibility index (Phi) is 5.49. The molecule has 2 atom stereocenters. The molecule has 2 fully saturated rings. The summed E-state index contributed by atoms with van der Waals surface area (Å²) in [4.78, 5) is 0. The van der Waals surface area contributed by atoms with E-state index in [1.54, 1.807) is 0 Å². The lowest BCUT2D eigenvalue weighted by Crippen LogP contribution is -2.25. The number of benzene rings is 1. The lowest BCUT2D eigenvalue weighted by Gasteiger charge is -2.13. The van der Waals surface area contributed by atoms with Gasteiger partial charge in [-0.25, -0.2) is 0 Å². The van der Waals surface area contributed by atoms with Crippen LogP contribution in [0.1, 0.15) is 31.2 Å². The van der Waals surface area contributed by atoms with E-state index in [2.05, 4.69) is 17.4 Å². The molecule has 0 bridgehead atoms. The van der Waals surface area contributed by atoms with Crippen LogP contribution in [0.4, 0.5) is 0 Å². The van der Waals surface area contributed by atoms with E-state index >= 15 is 0 Å². The second-order valence-electron chi connectivity index (χ2n) is 5.86. The number of hydrogen-bond acceptors (Lipinski definition) is 4. The van der Waals surface area contributed by atoms with Crippen LogP contribution in [0.3, 0.4) is 0 Å². The zero-order chi connectivity index (χ0) is 14.3. The molecule has 21 heavy (non-hydrogen) atoms. The van der Waals surface area contributed by atoms with Gasteiger partial charge < -0.3 is 19.5 Å². The third-order valence-corrected chi connectivity index (χ3v) is 4.11. The van der Waals surface area contributed by atoms with Gasteiger partial charge in [-0.15, -0.1) is 0 Å². The van der Waals surface area contributed by atoms with Crippen molar-refractivity contribution in [3.05, 3.63) is 29.8 Å². The monoisotopic (exact) mass is 291 g/mol. The van der Waals surface area contributed by atoms with Gasteiger partial charge in [-0.1, -0.05) is 12.1 Å². The summed E-state index contributed by atoms with van der Waals surface area (Å²) in [5, 5.41) is 3.45. The molecule has 0 spiro atoms. The van der Waals surface area contributed by atoms with E-state index in [0.29, 0.717) is 12.7 Å². The molecule has 1 aromatic carbocycles. The van der Waals surface area contributed by atoms with Crippen molar-refractivity contribution in [2.24, 2.45) is 0 Å². The maximum Gasteiger partial charge on any atom is 0.119 e. The largest absolute Gasteiger partial charge is 0.491 e. The van der Waals surface area contributed by atoms with E-state index in [-0.39, 0.29) is 6.10 Å². The maximum absolute atomic E-state index is 5.77. The van der Waals surface area contributed by atoms with E-state index in [0.717, 1.165) is 44.9 Å². The van der Waals surface area contributed by atoms with Crippen LogP contribution >= 0.6 is 0 Å². The molecule has 1 aromatic rings. The molecule has 0 saturated carbocycles. The fraction of sp³-hybridized carbons (Fsp3) is 0.647. The minimum atomic E-state index is 0.276. The molecule has 0 amide bonds. The van der Waals surface area contributed by atoms with Crippen molar-refractivity contribution in [3.63, 3.8) is 0 Å². The highest BCUT2D eigenvalue weighted by molar-refractivity contribution is 5.27. The van der Waals surface area contributed by atoms with Gasteiger partial charge in [0.15, 0.2) is 0 Å². The summed E-state index contributed by atoms with van der Waals surface area (Å²) in [6.07, 6.45) is 5.33. The highest BCUT2D eigenvalue weighted by Crippen LogP contribution is 2.17. The van der Waals surface area contributed by atoms with Crippen LogP contribution in [0.5, 0.6) is 5.75 Å². The third-order valence-electron chi connectivity index (χ3n) is 4.11. The van der Waals surface area contributed by atoms with E-state index in [1.165, 1.54) is 18.4 Å². The van der Waals surface area contributed by atoms with Crippen LogP contribution in [0.25, 0.3) is 0 Å². The predicted octanol–water partition coefficient (Wildman–Crippen LogP) is 2.51. The smallest absolute Gasteiger partial charge is 0.119 e. The van der Waals surface area contributed by atoms with Crippen molar-refractivity contribution >= 4 is 0 Å². The van der Waals surface area contributed by atoms with Gasteiger partial charge in [0.2, 0.25) is 0 Å². The number of rotatable bonds is 7. The Labute approximate surface area is 126 Å². The van der Waals surface area contributed by atoms with Crippen molar-refractivity contribution < 1.29 is 14.2 Å². The second kappa shape index (κ2) is 7.78. The second-order valence-corrected chi connectivity index (χ2v) is 5.86. The van der Waals surface area contributed by atoms with Crippen LogP contribution < -0.4 is 10.1 Å². The normalized spacial score (nSPS) is 25.3. The molecule has 2 aliphatic heterocycles. The summed E-state index contributed by atoms with van der Waals surface area (Å²) < 4.78 is 16.9. The Morgan fingerprint density at radius 2 is 1.71 bits per heavy atom. The van der Waals surface area contributed by atoms with Gasteiger partial charge in [-0.3, -0.25) is 0 Å². The summed E-state index contributed by atoms with van der Waals surface area (Å²) >= 11 is 0. The molecule has 1 N–H and O–H groups in total. The quantitative estimate of drug-likeness (QED) is 0.838. The Hall–Kier alpha value is -1.10. The van der Waals surface area contributed by atoms with Crippen molar-refractivity contribution in [1.29, 1.82) is 0 Å². The summed E-state index contributed by atoms with van der Waals surface area (Å²) in [7, 11) is 0. The van der Waals surface area contributed by atoms with E-state index < -0.39 is 0 Å². The van der Waals surface area contributed by atoms with E-state index in [9.17, 15) is 0 Å². The van der Waals surface area contributed by atoms with Crippen LogP contribution in [-0.4, -0.2) is 38.6 Å². The summed E-state index contributed by atoms with van der Waals surface area (Å²) in [6.45, 7) is 4.28. The maximum atomic E-state index is 5.77. The summed E-state index contributed by atoms with van der Waals surface area (Å²) in [5.41, 5.74) is 1.28. The Morgan fingerprint density at radius 3 is 2.38 bits per heavy atom. The molecule has 116 valence electrons. The van der Waals surface area contributed by atoms with Crippen molar-refractivity contribution in [2.75, 3.05) is 26.4 Å². The predicted molar refractivity (Wildman–Crippen MR) is 81.6 cm³/mol. The van der Waals surface area contributed by atoms with Gasteiger partial charge >= 0.3 is 0 Å². The number of hydrogen-bond donors (Lipinski definition) is 1. The van der Waals surface area contributed by atoms with Crippen LogP contribution in [0.2, 0.25) is 0 Å². The molecule has 2 heterocycles. The average Bonchev–Trinajstić information content (AvgIpc) is 3.20. The first kappa shape index (κ1) is 14.8. The first-order valence-corrected chi connectivity index (χ1v) is 8.06. The molecule has 4 heteroatoms. The first-order valence-electron chi connectivity index (χ1n) is 8.06. The standard InChI is InChI=1S/C17H25NO3/c1-3-16(19-9-1)12-18-11-14-5-7-15(8-6-14)21-13-17-4-2-10-20-17/h5-8,16-18H,1-4,9-13H2. The first-order chi connectivity index (χ1) is 10.4. The number of ether oxygens (including phenoxy) is 3. The van der Waals surface area contributed by atoms with E-state index in [4.69, 9.17) is 14.2 Å². The molecule has 2 saturated heterocycles. The van der Waals surface area contributed by atoms with Crippen LogP contribution in [-0.2, 0) is 16.0 Å². The molecule has 3 rings (SSSR count). The molecule has 0 aliphatic carbocycles. The number of nitrogens with one attached hydrogen (secondary N) is 1. The Bertz CT molecular complexity index is 409. The summed E-state index contributed by atoms with van der Waals surface area (Å²) in [5.74, 6) is 0.924. The van der Waals surface area contributed by atoms with Gasteiger partial charge in [-0.05, 0) is 43.4 Å². The highest BCUT2D eigenvalue weighted by Gasteiger charge is 2.16. The lowest BCUT2D eigenvalue weighted by molar-refractivity contribution is 0.0679. The topological polar surface area (TPSA) is 39.7 Å². The fourth-order valence-electron chi connectivity index (χ4n) is 2.85. The fourth-order valence-corrected chi connectivity index (χ4v) is 2.85. The SMILES string of the molecule is c1cc(OCC2CCCO2)ccc1CNCC1CCCO1. The molecule has 4 nitrogen and oxygen atoms in total. The Morgan fingerprint density at radius 1 is 1.00 bits per heavy atom. The van der Waals surface area contributed by atoms with Crippen molar-refractivity contribution in [1.82, 2.24) is 5.32 Å². The van der Waals surface area contributed by atoms with Gasteiger partial charge in [-0.2, -0.15) is 0 Å². The third kappa shape index (κ3) is 4.70. The molecule has 2 aliphatic rings. The van der Waals surface area contributed by atoms with Crippen molar-refractivity contribution in [2.45, 2.75) is 44.4 Å². The van der Waals surface area contributed by atoms with Crippen LogP contribution in [0, 0.1) is 0 Å². The highest BCUT2D eigenvalue weighted by atomic mass is 16.5. The average molecular weight is 291 g/mol. The van der Waals surface area contributed by atoms with Gasteiger partial charge in [0.1, 0.15) is 12.4 Å². The van der Waals surface area contributed by atoms with Gasteiger partial charge in [0, 0.05) is 26.3 Å². The minimum absolute atomic E-state index is 0.276. The van der Waals surface area contributed by atoms with Gasteiger partial charge in [0.05, 0.1) is 12.2 Å². The van der Waals surface area contributed by atoms with Crippen molar-refractivity contribution in [3.8, 4) is 5.75 Å². The lowest BCUT2D eigenvalue weighted by atomic mass is 10.2. The minimum Gasteiger partial charge on any atom is -0.491 e. The molecular formula is C17H25NO3. The van der Waals surface area contributed by atoms with Crippen LogP contribution in [0.15, 0.2) is 24.3 Å². The zero-order valence-electron chi connectivity index (χ0n) is 12.6. The Balaban J connectivity index is 1.36. The summed E-state index contributed by atoms with van der Waals surface area (Å²) in [6, 6.07) is 8.32. The van der Waals surface area contributed by atoms with Gasteiger partial charge in [0.25, 0.3) is 0 Å². The molecule has 0 aromatic heterocycles. The molecule has 2 unspecified atom stereocenters. The zero-order valence-corrected chi connectivity index (χ0v) is 12.6. The molecule has 0 radical (unpaired) electrons. The van der Waals surface area contributed by atoms with E-state index in [1.807, 2.05) is 12.1 Å².